The second-order valence-electron chi connectivity index (χ2n) is 4.88. The van der Waals surface area contributed by atoms with Gasteiger partial charge >= 0.3 is 0 Å². The maximum Gasteiger partial charge on any atom is 0.103 e. The average molecular weight is 239 g/mol. The quantitative estimate of drug-likeness (QED) is 0.672. The van der Waals surface area contributed by atoms with Crippen LogP contribution in [-0.2, 0) is 7.05 Å². The molecule has 2 heterocycles. The molecule has 2 aromatic heterocycles. The van der Waals surface area contributed by atoms with E-state index in [2.05, 4.69) is 43.1 Å². The first kappa shape index (κ1) is 11.0. The minimum absolute atomic E-state index is 0.783. The lowest BCUT2D eigenvalue weighted by atomic mass is 10.1. The van der Waals surface area contributed by atoms with Gasteiger partial charge in [-0.25, -0.2) is 0 Å². The number of hydrogen-bond donors (Lipinski definition) is 2. The van der Waals surface area contributed by atoms with Gasteiger partial charge in [0.05, 0.1) is 5.69 Å². The summed E-state index contributed by atoms with van der Waals surface area (Å²) in [7, 11) is 2.00. The maximum atomic E-state index is 5.92. The van der Waals surface area contributed by atoms with Crippen LogP contribution in [0.25, 0.3) is 22.2 Å². The number of aryl methyl sites for hydroxylation is 2. The van der Waals surface area contributed by atoms with Crippen LogP contribution in [0, 0.1) is 13.8 Å². The van der Waals surface area contributed by atoms with Gasteiger partial charge in [-0.15, -0.1) is 0 Å². The molecule has 0 fully saturated rings. The number of aromatic nitrogens is 2. The Bertz CT molecular complexity index is 732. The number of nitrogens with two attached hydrogens (primary N) is 1. The van der Waals surface area contributed by atoms with E-state index in [1.54, 1.807) is 0 Å². The fraction of sp³-hybridized carbons (Fsp3) is 0.200. The molecule has 1 aromatic carbocycles. The number of H-pyrrole nitrogens is 1. The van der Waals surface area contributed by atoms with Crippen LogP contribution in [-0.4, -0.2) is 9.55 Å². The number of benzene rings is 1. The lowest BCUT2D eigenvalue weighted by Gasteiger charge is -2.05. The van der Waals surface area contributed by atoms with Crippen molar-refractivity contribution in [3.8, 4) is 11.3 Å². The monoisotopic (exact) mass is 239 g/mol. The van der Waals surface area contributed by atoms with Gasteiger partial charge in [-0.2, -0.15) is 0 Å². The molecule has 0 atom stereocenters. The van der Waals surface area contributed by atoms with Crippen molar-refractivity contribution in [3.05, 3.63) is 41.6 Å². The molecule has 0 saturated heterocycles. The number of fused-ring (bicyclic) bond motifs is 1. The third-order valence-electron chi connectivity index (χ3n) is 3.56. The van der Waals surface area contributed by atoms with Crippen molar-refractivity contribution >= 4 is 16.7 Å². The maximum absolute atomic E-state index is 5.92. The summed E-state index contributed by atoms with van der Waals surface area (Å²) in [6.45, 7) is 4.21. The normalized spacial score (nSPS) is 11.3. The van der Waals surface area contributed by atoms with Crippen LogP contribution in [0.2, 0.25) is 0 Å². The highest BCUT2D eigenvalue weighted by molar-refractivity contribution is 5.97. The average Bonchev–Trinajstić information content (AvgIpc) is 2.80. The van der Waals surface area contributed by atoms with Crippen molar-refractivity contribution in [2.75, 3.05) is 5.73 Å². The summed E-state index contributed by atoms with van der Waals surface area (Å²) >= 11 is 0. The Morgan fingerprint density at radius 3 is 2.56 bits per heavy atom. The van der Waals surface area contributed by atoms with E-state index in [4.69, 9.17) is 5.73 Å². The van der Waals surface area contributed by atoms with Crippen LogP contribution in [0.5, 0.6) is 0 Å². The van der Waals surface area contributed by atoms with Crippen LogP contribution < -0.4 is 5.73 Å². The molecular formula is C15H17N3. The predicted octanol–water partition coefficient (Wildman–Crippen LogP) is 3.37. The van der Waals surface area contributed by atoms with Crippen molar-refractivity contribution in [2.45, 2.75) is 13.8 Å². The van der Waals surface area contributed by atoms with Gasteiger partial charge in [0.1, 0.15) is 5.82 Å². The summed E-state index contributed by atoms with van der Waals surface area (Å²) in [4.78, 5) is 3.45. The largest absolute Gasteiger partial charge is 0.385 e. The van der Waals surface area contributed by atoms with E-state index in [-0.39, 0.29) is 0 Å². The van der Waals surface area contributed by atoms with Gasteiger partial charge in [0, 0.05) is 29.2 Å². The summed E-state index contributed by atoms with van der Waals surface area (Å²) in [6.07, 6.45) is 0. The molecule has 0 radical (unpaired) electrons. The Balaban J connectivity index is 2.35. The number of anilines is 1. The van der Waals surface area contributed by atoms with E-state index in [0.717, 1.165) is 11.5 Å². The third-order valence-corrected chi connectivity index (χ3v) is 3.56. The molecular weight excluding hydrogens is 222 g/mol. The van der Waals surface area contributed by atoms with Crippen molar-refractivity contribution in [2.24, 2.45) is 7.05 Å². The Morgan fingerprint density at radius 1 is 1.11 bits per heavy atom. The van der Waals surface area contributed by atoms with Crippen molar-refractivity contribution in [1.82, 2.24) is 9.55 Å². The van der Waals surface area contributed by atoms with E-state index < -0.39 is 0 Å². The number of nitrogens with one attached hydrogen (secondary N) is 1. The minimum atomic E-state index is 0.783. The highest BCUT2D eigenvalue weighted by Crippen LogP contribution is 2.33. The molecule has 3 N–H and O–H groups in total. The number of rotatable bonds is 1. The van der Waals surface area contributed by atoms with E-state index in [1.165, 1.54) is 27.7 Å². The summed E-state index contributed by atoms with van der Waals surface area (Å²) in [6, 6.07) is 10.5. The molecule has 0 aliphatic heterocycles. The van der Waals surface area contributed by atoms with E-state index in [9.17, 15) is 0 Å². The first-order chi connectivity index (χ1) is 8.58. The van der Waals surface area contributed by atoms with Gasteiger partial charge in [0.25, 0.3) is 0 Å². The van der Waals surface area contributed by atoms with Crippen molar-refractivity contribution < 1.29 is 0 Å². The first-order valence-corrected chi connectivity index (χ1v) is 6.08. The highest BCUT2D eigenvalue weighted by atomic mass is 15.0. The minimum Gasteiger partial charge on any atom is -0.385 e. The lowest BCUT2D eigenvalue weighted by Crippen LogP contribution is -1.97. The van der Waals surface area contributed by atoms with Gasteiger partial charge in [0.2, 0.25) is 0 Å². The zero-order valence-electron chi connectivity index (χ0n) is 10.9. The SMILES string of the molecule is Cc1ccc2c(-c3ccc(N)n3C)c(C)[nH]c2c1. The summed E-state index contributed by atoms with van der Waals surface area (Å²) in [5.41, 5.74) is 11.9. The Hall–Kier alpha value is -2.16. The highest BCUT2D eigenvalue weighted by Gasteiger charge is 2.13. The fourth-order valence-electron chi connectivity index (χ4n) is 2.55. The lowest BCUT2D eigenvalue weighted by molar-refractivity contribution is 0.950. The molecule has 0 saturated carbocycles. The molecule has 3 rings (SSSR count). The smallest absolute Gasteiger partial charge is 0.103 e. The standard InChI is InChI=1S/C15H17N3/c1-9-4-5-11-12(8-9)17-10(2)15(11)13-6-7-14(16)18(13)3/h4-8,17H,16H2,1-3H3. The number of nitrogen functional groups attached to an aromatic ring is 1. The van der Waals surface area contributed by atoms with Gasteiger partial charge < -0.3 is 15.3 Å². The molecule has 3 heteroatoms. The summed E-state index contributed by atoms with van der Waals surface area (Å²) in [5.74, 6) is 0.783. The first-order valence-electron chi connectivity index (χ1n) is 6.08. The van der Waals surface area contributed by atoms with Crippen LogP contribution >= 0.6 is 0 Å². The molecule has 0 spiro atoms. The zero-order valence-corrected chi connectivity index (χ0v) is 10.9. The van der Waals surface area contributed by atoms with Crippen molar-refractivity contribution in [3.63, 3.8) is 0 Å². The van der Waals surface area contributed by atoms with Crippen molar-refractivity contribution in [1.29, 1.82) is 0 Å². The number of nitrogens with zero attached hydrogens (tertiary/aromatic N) is 1. The van der Waals surface area contributed by atoms with E-state index >= 15 is 0 Å². The van der Waals surface area contributed by atoms with Gasteiger partial charge in [0.15, 0.2) is 0 Å². The van der Waals surface area contributed by atoms with Crippen LogP contribution in [0.4, 0.5) is 5.82 Å². The van der Waals surface area contributed by atoms with Crippen LogP contribution in [0.1, 0.15) is 11.3 Å². The Labute approximate surface area is 106 Å². The predicted molar refractivity (Wildman–Crippen MR) is 76.6 cm³/mol. The molecule has 0 bridgehead atoms. The molecule has 92 valence electrons. The fourth-order valence-corrected chi connectivity index (χ4v) is 2.55. The second kappa shape index (κ2) is 3.67. The molecule has 18 heavy (non-hydrogen) atoms. The van der Waals surface area contributed by atoms with Crippen LogP contribution in [0.3, 0.4) is 0 Å². The molecule has 0 aliphatic rings. The molecule has 0 unspecified atom stereocenters. The van der Waals surface area contributed by atoms with Crippen LogP contribution in [0.15, 0.2) is 30.3 Å². The Kier molecular flexibility index (Phi) is 2.23. The summed E-state index contributed by atoms with van der Waals surface area (Å²) in [5, 5.41) is 1.25. The molecule has 3 aromatic rings. The van der Waals surface area contributed by atoms with Gasteiger partial charge in [-0.05, 0) is 37.6 Å². The number of aromatic amines is 1. The van der Waals surface area contributed by atoms with Gasteiger partial charge in [-0.1, -0.05) is 12.1 Å². The Morgan fingerprint density at radius 2 is 1.89 bits per heavy atom. The van der Waals surface area contributed by atoms with E-state index in [0.29, 0.717) is 0 Å². The summed E-state index contributed by atoms with van der Waals surface area (Å²) < 4.78 is 2.02. The third kappa shape index (κ3) is 1.44. The van der Waals surface area contributed by atoms with Gasteiger partial charge in [-0.3, -0.25) is 0 Å². The van der Waals surface area contributed by atoms with E-state index in [1.807, 2.05) is 17.7 Å². The second-order valence-corrected chi connectivity index (χ2v) is 4.88. The molecule has 0 aliphatic carbocycles. The molecule has 3 nitrogen and oxygen atoms in total. The number of hydrogen-bond acceptors (Lipinski definition) is 1. The molecule has 0 amide bonds. The zero-order chi connectivity index (χ0) is 12.9. The topological polar surface area (TPSA) is 46.7 Å².